The highest BCUT2D eigenvalue weighted by Crippen LogP contribution is 2.31. The molecule has 0 saturated carbocycles. The van der Waals surface area contributed by atoms with Crippen molar-refractivity contribution in [1.82, 2.24) is 9.88 Å². The van der Waals surface area contributed by atoms with Crippen LogP contribution in [-0.2, 0) is 11.3 Å². The van der Waals surface area contributed by atoms with Crippen molar-refractivity contribution in [3.05, 3.63) is 83.1 Å². The summed E-state index contributed by atoms with van der Waals surface area (Å²) < 4.78 is 0. The first-order chi connectivity index (χ1) is 17.0. The maximum atomic E-state index is 13.5. The zero-order chi connectivity index (χ0) is 24.4. The fourth-order valence-corrected chi connectivity index (χ4v) is 5.16. The second kappa shape index (κ2) is 9.96. The number of hydrogen-bond acceptors (Lipinski definition) is 5. The van der Waals surface area contributed by atoms with Crippen molar-refractivity contribution in [1.29, 1.82) is 0 Å². The number of piperidine rings is 1. The molecule has 8 heteroatoms. The Hall–Kier alpha value is -3.58. The number of carbonyl (C=O) groups is 2. The highest BCUT2D eigenvalue weighted by Gasteiger charge is 2.32. The van der Waals surface area contributed by atoms with E-state index in [9.17, 15) is 9.59 Å². The molecular formula is C27H28ClN5O2. The number of pyridine rings is 1. The number of halogens is 1. The molecule has 2 aliphatic rings. The molecule has 0 radical (unpaired) electrons. The maximum Gasteiger partial charge on any atom is 0.256 e. The SMILES string of the molecule is Nc1cc(Cl)ccc1C(=O)N1CC(=O)N(CC2CCN(c3ccncc3)CC2)c2ccccc2C1. The highest BCUT2D eigenvalue weighted by molar-refractivity contribution is 6.31. The van der Waals surface area contributed by atoms with Crippen LogP contribution in [0.5, 0.6) is 0 Å². The van der Waals surface area contributed by atoms with E-state index in [-0.39, 0.29) is 18.4 Å². The fraction of sp³-hybridized carbons (Fsp3) is 0.296. The van der Waals surface area contributed by atoms with Gasteiger partial charge in [-0.1, -0.05) is 29.8 Å². The predicted octanol–water partition coefficient (Wildman–Crippen LogP) is 4.22. The average molecular weight is 490 g/mol. The van der Waals surface area contributed by atoms with Gasteiger partial charge in [-0.15, -0.1) is 0 Å². The molecule has 2 amide bonds. The summed E-state index contributed by atoms with van der Waals surface area (Å²) in [6.45, 7) is 2.88. The molecule has 1 fully saturated rings. The Morgan fingerprint density at radius 2 is 1.77 bits per heavy atom. The zero-order valence-electron chi connectivity index (χ0n) is 19.4. The molecule has 3 heterocycles. The normalized spacial score (nSPS) is 16.7. The number of fused-ring (bicyclic) bond motifs is 1. The van der Waals surface area contributed by atoms with E-state index in [4.69, 9.17) is 17.3 Å². The van der Waals surface area contributed by atoms with Crippen LogP contribution in [0, 0.1) is 5.92 Å². The summed E-state index contributed by atoms with van der Waals surface area (Å²) >= 11 is 6.01. The summed E-state index contributed by atoms with van der Waals surface area (Å²) in [6.07, 6.45) is 5.63. The molecule has 180 valence electrons. The van der Waals surface area contributed by atoms with Crippen LogP contribution in [0.25, 0.3) is 0 Å². The van der Waals surface area contributed by atoms with Crippen molar-refractivity contribution in [3.63, 3.8) is 0 Å². The van der Waals surface area contributed by atoms with Crippen LogP contribution in [0.1, 0.15) is 28.8 Å². The van der Waals surface area contributed by atoms with E-state index in [1.54, 1.807) is 23.1 Å². The molecule has 2 aliphatic heterocycles. The Balaban J connectivity index is 1.33. The number of carbonyl (C=O) groups excluding carboxylic acids is 2. The van der Waals surface area contributed by atoms with Gasteiger partial charge in [0, 0.05) is 60.7 Å². The van der Waals surface area contributed by atoms with Gasteiger partial charge in [0.2, 0.25) is 5.91 Å². The van der Waals surface area contributed by atoms with Gasteiger partial charge in [-0.25, -0.2) is 0 Å². The number of para-hydroxylation sites is 1. The van der Waals surface area contributed by atoms with E-state index in [2.05, 4.69) is 9.88 Å². The first-order valence-electron chi connectivity index (χ1n) is 11.9. The van der Waals surface area contributed by atoms with Gasteiger partial charge in [0.15, 0.2) is 0 Å². The van der Waals surface area contributed by atoms with Crippen LogP contribution in [0.3, 0.4) is 0 Å². The molecule has 35 heavy (non-hydrogen) atoms. The summed E-state index contributed by atoms with van der Waals surface area (Å²) in [7, 11) is 0. The van der Waals surface area contributed by atoms with Crippen molar-refractivity contribution in [3.8, 4) is 0 Å². The smallest absolute Gasteiger partial charge is 0.256 e. The molecule has 1 aromatic heterocycles. The van der Waals surface area contributed by atoms with Crippen molar-refractivity contribution in [2.45, 2.75) is 19.4 Å². The number of nitrogens with two attached hydrogens (primary N) is 1. The number of hydrogen-bond donors (Lipinski definition) is 1. The molecule has 1 saturated heterocycles. The summed E-state index contributed by atoms with van der Waals surface area (Å²) in [5.74, 6) is 0.0430. The van der Waals surface area contributed by atoms with E-state index < -0.39 is 0 Å². The molecule has 0 atom stereocenters. The van der Waals surface area contributed by atoms with Crippen LogP contribution < -0.4 is 15.5 Å². The topological polar surface area (TPSA) is 82.8 Å². The summed E-state index contributed by atoms with van der Waals surface area (Å²) in [6, 6.07) is 16.7. The Bertz CT molecular complexity index is 1230. The van der Waals surface area contributed by atoms with E-state index in [0.717, 1.165) is 37.2 Å². The zero-order valence-corrected chi connectivity index (χ0v) is 20.2. The van der Waals surface area contributed by atoms with Gasteiger partial charge >= 0.3 is 0 Å². The molecule has 0 bridgehead atoms. The molecule has 5 rings (SSSR count). The van der Waals surface area contributed by atoms with E-state index in [0.29, 0.717) is 35.3 Å². The third-order valence-corrected chi connectivity index (χ3v) is 7.12. The number of anilines is 3. The minimum Gasteiger partial charge on any atom is -0.398 e. The highest BCUT2D eigenvalue weighted by atomic mass is 35.5. The quantitative estimate of drug-likeness (QED) is 0.555. The summed E-state index contributed by atoms with van der Waals surface area (Å²) in [5.41, 5.74) is 9.76. The van der Waals surface area contributed by atoms with Gasteiger partial charge in [0.1, 0.15) is 6.54 Å². The second-order valence-corrected chi connectivity index (χ2v) is 9.60. The van der Waals surface area contributed by atoms with Gasteiger partial charge in [-0.05, 0) is 60.7 Å². The monoisotopic (exact) mass is 489 g/mol. The number of amides is 2. The van der Waals surface area contributed by atoms with E-state index >= 15 is 0 Å². The van der Waals surface area contributed by atoms with Crippen molar-refractivity contribution in [2.75, 3.05) is 41.7 Å². The Morgan fingerprint density at radius 1 is 1.03 bits per heavy atom. The minimum atomic E-state index is -0.269. The van der Waals surface area contributed by atoms with E-state index in [1.807, 2.05) is 53.7 Å². The van der Waals surface area contributed by atoms with Gasteiger partial charge < -0.3 is 20.4 Å². The number of aromatic nitrogens is 1. The minimum absolute atomic E-state index is 0.00540. The molecule has 3 aromatic rings. The number of nitrogen functional groups attached to an aromatic ring is 1. The van der Waals surface area contributed by atoms with Crippen LogP contribution in [0.2, 0.25) is 5.02 Å². The van der Waals surface area contributed by atoms with Crippen molar-refractivity contribution < 1.29 is 9.59 Å². The lowest BCUT2D eigenvalue weighted by Crippen LogP contribution is -2.44. The van der Waals surface area contributed by atoms with Crippen LogP contribution in [-0.4, -0.2) is 47.9 Å². The van der Waals surface area contributed by atoms with Crippen molar-refractivity contribution in [2.24, 2.45) is 5.92 Å². The Morgan fingerprint density at radius 3 is 2.51 bits per heavy atom. The summed E-state index contributed by atoms with van der Waals surface area (Å²) in [5, 5.41) is 0.470. The lowest BCUT2D eigenvalue weighted by Gasteiger charge is -2.36. The maximum absolute atomic E-state index is 13.5. The third-order valence-electron chi connectivity index (χ3n) is 6.89. The fourth-order valence-electron chi connectivity index (χ4n) is 4.98. The molecule has 7 nitrogen and oxygen atoms in total. The number of benzene rings is 2. The second-order valence-electron chi connectivity index (χ2n) is 9.16. The molecule has 0 spiro atoms. The predicted molar refractivity (Wildman–Crippen MR) is 139 cm³/mol. The van der Waals surface area contributed by atoms with Crippen molar-refractivity contribution >= 4 is 40.5 Å². The first kappa shape index (κ1) is 23.2. The van der Waals surface area contributed by atoms with Gasteiger partial charge in [0.25, 0.3) is 5.91 Å². The average Bonchev–Trinajstić information content (AvgIpc) is 3.01. The number of rotatable bonds is 4. The van der Waals surface area contributed by atoms with Crippen LogP contribution >= 0.6 is 11.6 Å². The standard InChI is InChI=1S/C27H28ClN5O2/c28-21-5-6-23(24(29)15-21)27(35)32-17-20-3-1-2-4-25(20)33(26(34)18-32)16-19-9-13-31(14-10-19)22-7-11-30-12-8-22/h1-8,11-12,15,19H,9-10,13-14,16-18,29H2. The molecular weight excluding hydrogens is 462 g/mol. The van der Waals surface area contributed by atoms with Gasteiger partial charge in [-0.2, -0.15) is 0 Å². The lowest BCUT2D eigenvalue weighted by molar-refractivity contribution is -0.119. The Kier molecular flexibility index (Phi) is 6.59. The van der Waals surface area contributed by atoms with Crippen LogP contribution in [0.15, 0.2) is 67.0 Å². The largest absolute Gasteiger partial charge is 0.398 e. The number of nitrogens with zero attached hydrogens (tertiary/aromatic N) is 4. The van der Waals surface area contributed by atoms with Crippen LogP contribution in [0.4, 0.5) is 17.1 Å². The first-order valence-corrected chi connectivity index (χ1v) is 12.2. The Labute approximate surface area is 210 Å². The van der Waals surface area contributed by atoms with E-state index in [1.165, 1.54) is 5.69 Å². The molecule has 0 unspecified atom stereocenters. The van der Waals surface area contributed by atoms with Gasteiger partial charge in [0.05, 0.1) is 5.56 Å². The molecule has 2 N–H and O–H groups in total. The van der Waals surface area contributed by atoms with Gasteiger partial charge in [-0.3, -0.25) is 14.6 Å². The summed E-state index contributed by atoms with van der Waals surface area (Å²) in [4.78, 5) is 36.7. The lowest BCUT2D eigenvalue weighted by atomic mass is 9.95. The molecule has 0 aliphatic carbocycles. The molecule has 2 aromatic carbocycles. The third kappa shape index (κ3) is 4.95.